The van der Waals surface area contributed by atoms with E-state index in [2.05, 4.69) is 97.0 Å². The summed E-state index contributed by atoms with van der Waals surface area (Å²) >= 11 is 0. The number of hydrogen-bond donors (Lipinski definition) is 0. The van der Waals surface area contributed by atoms with Crippen LogP contribution in [0.4, 0.5) is 0 Å². The molecule has 0 amide bonds. The van der Waals surface area contributed by atoms with Gasteiger partial charge in [0.15, 0.2) is 0 Å². The Hall–Kier alpha value is -0.590. The molecule has 0 aromatic rings. The first-order chi connectivity index (χ1) is 20.3. The van der Waals surface area contributed by atoms with Crippen molar-refractivity contribution < 1.29 is 13.1 Å². The highest BCUT2D eigenvalue weighted by molar-refractivity contribution is 8.25. The molecule has 42 heavy (non-hydrogen) atoms. The SMILES string of the molecule is CCCC/C=C\CCC(C)OCS(CCCCN(C)C)(OC(C)CC/C=C\CCCC)OC(C)CC/C=C\CCCC. The molecule has 3 unspecified atom stereocenters. The second kappa shape index (κ2) is 29.1. The third-order valence-electron chi connectivity index (χ3n) is 7.41. The fourth-order valence-corrected chi connectivity index (χ4v) is 7.59. The Bertz CT molecular complexity index is 633. The van der Waals surface area contributed by atoms with Crippen molar-refractivity contribution in [1.29, 1.82) is 0 Å². The van der Waals surface area contributed by atoms with Crippen LogP contribution in [-0.4, -0.2) is 55.5 Å². The molecule has 0 radical (unpaired) electrons. The summed E-state index contributed by atoms with van der Waals surface area (Å²) in [6.07, 6.45) is 34.1. The molecule has 3 atom stereocenters. The summed E-state index contributed by atoms with van der Waals surface area (Å²) in [6, 6.07) is 0. The zero-order valence-electron chi connectivity index (χ0n) is 29.4. The zero-order valence-corrected chi connectivity index (χ0v) is 30.2. The van der Waals surface area contributed by atoms with Gasteiger partial charge in [-0.25, -0.2) is 0 Å². The lowest BCUT2D eigenvalue weighted by Gasteiger charge is -2.46. The molecule has 0 aliphatic heterocycles. The molecule has 0 spiro atoms. The van der Waals surface area contributed by atoms with E-state index in [0.29, 0.717) is 5.94 Å². The van der Waals surface area contributed by atoms with Gasteiger partial charge in [0, 0.05) is 5.75 Å². The third-order valence-corrected chi connectivity index (χ3v) is 10.2. The van der Waals surface area contributed by atoms with Crippen molar-refractivity contribution in [2.24, 2.45) is 0 Å². The second-order valence-electron chi connectivity index (χ2n) is 12.4. The molecule has 5 heteroatoms. The van der Waals surface area contributed by atoms with E-state index in [0.717, 1.165) is 63.7 Å². The molecule has 0 aromatic carbocycles. The van der Waals surface area contributed by atoms with Crippen molar-refractivity contribution in [2.45, 2.75) is 169 Å². The van der Waals surface area contributed by atoms with Crippen LogP contribution in [0.3, 0.4) is 0 Å². The highest BCUT2D eigenvalue weighted by atomic mass is 32.3. The largest absolute Gasteiger partial charge is 0.358 e. The van der Waals surface area contributed by atoms with E-state index in [9.17, 15) is 0 Å². The van der Waals surface area contributed by atoms with Gasteiger partial charge >= 0.3 is 0 Å². The van der Waals surface area contributed by atoms with Crippen LogP contribution in [0.2, 0.25) is 0 Å². The van der Waals surface area contributed by atoms with Crippen molar-refractivity contribution in [3.8, 4) is 0 Å². The molecule has 0 bridgehead atoms. The lowest BCUT2D eigenvalue weighted by Crippen LogP contribution is -2.28. The molecule has 0 fully saturated rings. The van der Waals surface area contributed by atoms with Crippen LogP contribution in [0.1, 0.15) is 151 Å². The predicted octanol–water partition coefficient (Wildman–Crippen LogP) is 11.7. The van der Waals surface area contributed by atoms with Gasteiger partial charge in [0.1, 0.15) is 5.94 Å². The summed E-state index contributed by atoms with van der Waals surface area (Å²) in [5.41, 5.74) is 0. The van der Waals surface area contributed by atoms with Gasteiger partial charge in [-0.3, -0.25) is 8.37 Å². The predicted molar refractivity (Wildman–Crippen MR) is 190 cm³/mol. The average Bonchev–Trinajstić information content (AvgIpc) is 2.95. The molecule has 250 valence electrons. The monoisotopic (exact) mass is 612 g/mol. The molecule has 0 rings (SSSR count). The second-order valence-corrected chi connectivity index (χ2v) is 15.0. The van der Waals surface area contributed by atoms with Crippen molar-refractivity contribution in [2.75, 3.05) is 32.3 Å². The summed E-state index contributed by atoms with van der Waals surface area (Å²) in [6.45, 7) is 14.5. The molecule has 0 N–H and O–H groups in total. The van der Waals surface area contributed by atoms with Crippen LogP contribution in [-0.2, 0) is 13.1 Å². The number of allylic oxidation sites excluding steroid dienone is 6. The van der Waals surface area contributed by atoms with E-state index in [1.807, 2.05) is 0 Å². The normalized spacial score (nSPS) is 17.0. The Labute approximate surface area is 265 Å². The first-order valence-electron chi connectivity index (χ1n) is 17.6. The van der Waals surface area contributed by atoms with E-state index in [1.165, 1.54) is 57.8 Å². The summed E-state index contributed by atoms with van der Waals surface area (Å²) in [4.78, 5) is 2.27. The number of hydrogen-bond acceptors (Lipinski definition) is 4. The van der Waals surface area contributed by atoms with Gasteiger partial charge in [-0.15, -0.1) is 0 Å². The number of ether oxygens (including phenoxy) is 1. The number of unbranched alkanes of at least 4 members (excludes halogenated alkanes) is 7. The van der Waals surface area contributed by atoms with Gasteiger partial charge < -0.3 is 9.64 Å². The average molecular weight is 612 g/mol. The van der Waals surface area contributed by atoms with Gasteiger partial charge in [0.25, 0.3) is 0 Å². The third kappa shape index (κ3) is 25.9. The first kappa shape index (κ1) is 41.4. The lowest BCUT2D eigenvalue weighted by molar-refractivity contribution is 0.0721. The maximum Gasteiger partial charge on any atom is 0.136 e. The quantitative estimate of drug-likeness (QED) is 0.0597. The van der Waals surface area contributed by atoms with Crippen LogP contribution >= 0.6 is 10.6 Å². The molecular weight excluding hydrogens is 538 g/mol. The van der Waals surface area contributed by atoms with Gasteiger partial charge in [0.05, 0.1) is 18.3 Å². The van der Waals surface area contributed by atoms with Crippen molar-refractivity contribution in [3.63, 3.8) is 0 Å². The molecule has 0 aliphatic carbocycles. The number of rotatable bonds is 30. The van der Waals surface area contributed by atoms with Crippen LogP contribution < -0.4 is 0 Å². The van der Waals surface area contributed by atoms with Gasteiger partial charge in [-0.05, 0) is 112 Å². The summed E-state index contributed by atoms with van der Waals surface area (Å²) in [7, 11) is 2.47. The molecule has 4 nitrogen and oxygen atoms in total. The smallest absolute Gasteiger partial charge is 0.136 e. The van der Waals surface area contributed by atoms with E-state index in [4.69, 9.17) is 13.1 Å². The molecule has 0 aliphatic rings. The van der Waals surface area contributed by atoms with Crippen LogP contribution in [0.15, 0.2) is 36.5 Å². The van der Waals surface area contributed by atoms with Gasteiger partial charge in [-0.2, -0.15) is 10.6 Å². The van der Waals surface area contributed by atoms with Crippen LogP contribution in [0.5, 0.6) is 0 Å². The minimum atomic E-state index is -1.84. The molecule has 0 saturated heterocycles. The molecule has 0 heterocycles. The molecule has 0 aromatic heterocycles. The fourth-order valence-electron chi connectivity index (χ4n) is 4.65. The van der Waals surface area contributed by atoms with Crippen LogP contribution in [0, 0.1) is 0 Å². The maximum atomic E-state index is 6.98. The van der Waals surface area contributed by atoms with Crippen molar-refractivity contribution >= 4 is 10.6 Å². The van der Waals surface area contributed by atoms with Crippen molar-refractivity contribution in [3.05, 3.63) is 36.5 Å². The van der Waals surface area contributed by atoms with E-state index in [1.54, 1.807) is 0 Å². The van der Waals surface area contributed by atoms with E-state index in [-0.39, 0.29) is 18.3 Å². The Morgan fingerprint density at radius 3 is 1.36 bits per heavy atom. The van der Waals surface area contributed by atoms with E-state index < -0.39 is 10.6 Å². The van der Waals surface area contributed by atoms with Gasteiger partial charge in [0.2, 0.25) is 0 Å². The Balaban J connectivity index is 5.46. The first-order valence-corrected chi connectivity index (χ1v) is 19.5. The Kier molecular flexibility index (Phi) is 28.7. The highest BCUT2D eigenvalue weighted by Crippen LogP contribution is 2.54. The fraction of sp³-hybridized carbons (Fsp3) is 0.838. The Morgan fingerprint density at radius 1 is 0.548 bits per heavy atom. The molecular formula is C37H73NO3S. The topological polar surface area (TPSA) is 30.9 Å². The minimum absolute atomic E-state index is 0.145. The molecule has 0 saturated carbocycles. The maximum absolute atomic E-state index is 6.98. The van der Waals surface area contributed by atoms with E-state index >= 15 is 0 Å². The minimum Gasteiger partial charge on any atom is -0.358 e. The zero-order chi connectivity index (χ0) is 31.3. The van der Waals surface area contributed by atoms with Crippen LogP contribution in [0.25, 0.3) is 0 Å². The summed E-state index contributed by atoms with van der Waals surface area (Å²) in [5, 5.41) is 0. The summed E-state index contributed by atoms with van der Waals surface area (Å²) in [5.74, 6) is 1.51. The Morgan fingerprint density at radius 2 is 0.952 bits per heavy atom. The standard InChI is InChI=1S/C37H73NO3S/c1-9-12-15-18-21-24-29-35(4)39-34-42(33-28-27-32-38(7)8,40-36(5)30-25-22-19-16-13-10-2)41-37(6)31-26-23-20-17-14-11-3/h18-23,35-37H,9-17,24-34H2,1-8H3/b21-18-,22-19-,23-20-. The van der Waals surface area contributed by atoms with Gasteiger partial charge in [-0.1, -0.05) is 95.8 Å². The summed E-state index contributed by atoms with van der Waals surface area (Å²) < 4.78 is 20.5. The lowest BCUT2D eigenvalue weighted by atomic mass is 10.2. The van der Waals surface area contributed by atoms with Crippen molar-refractivity contribution in [1.82, 2.24) is 4.90 Å². The number of nitrogens with zero attached hydrogens (tertiary/aromatic N) is 1. The highest BCUT2D eigenvalue weighted by Gasteiger charge is 2.28.